The SMILES string of the molecule is C[C@@H]1O[C@H]2O[C@@H]3[C@@H](C)O[C@@H](c4ccc5c(c4O)C(=O)c4ccc(C[C@@](C)(O)CC(=O)O)c(O)c4C5=O)C[C@H]3O[C@H]2C[C@H]1O. The molecule has 230 valence electrons. The zero-order valence-corrected chi connectivity index (χ0v) is 23.9. The fourth-order valence-corrected chi connectivity index (χ4v) is 6.67. The van der Waals surface area contributed by atoms with Gasteiger partial charge in [0.05, 0.1) is 53.7 Å². The summed E-state index contributed by atoms with van der Waals surface area (Å²) in [6, 6.07) is 5.59. The van der Waals surface area contributed by atoms with Crippen LogP contribution in [-0.4, -0.2) is 91.6 Å². The first-order valence-electron chi connectivity index (χ1n) is 14.3. The Morgan fingerprint density at radius 1 is 0.884 bits per heavy atom. The zero-order chi connectivity index (χ0) is 31.0. The Morgan fingerprint density at radius 2 is 1.53 bits per heavy atom. The predicted octanol–water partition coefficient (Wildman–Crippen LogP) is 2.14. The van der Waals surface area contributed by atoms with E-state index in [9.17, 15) is 34.8 Å². The number of benzene rings is 2. The molecule has 0 bridgehead atoms. The number of phenolic OH excluding ortho intramolecular Hbond substituents is 2. The molecule has 0 amide bonds. The second kappa shape index (κ2) is 10.7. The maximum absolute atomic E-state index is 13.6. The van der Waals surface area contributed by atoms with Crippen molar-refractivity contribution in [2.45, 2.75) is 101 Å². The van der Waals surface area contributed by atoms with Crippen LogP contribution in [0.5, 0.6) is 11.5 Å². The van der Waals surface area contributed by atoms with E-state index in [-0.39, 0.29) is 40.7 Å². The molecule has 12 heteroatoms. The van der Waals surface area contributed by atoms with Gasteiger partial charge in [0, 0.05) is 36.0 Å². The second-order valence-electron chi connectivity index (χ2n) is 12.2. The number of aliphatic hydroxyl groups excluding tert-OH is 1. The number of fused-ring (bicyclic) bond motifs is 4. The first-order chi connectivity index (χ1) is 20.3. The molecule has 0 spiro atoms. The van der Waals surface area contributed by atoms with Crippen LogP contribution in [-0.2, 0) is 30.2 Å². The molecule has 5 N–H and O–H groups in total. The average Bonchev–Trinajstić information content (AvgIpc) is 2.91. The number of aromatic hydroxyl groups is 2. The highest BCUT2D eigenvalue weighted by molar-refractivity contribution is 6.30. The van der Waals surface area contributed by atoms with Crippen LogP contribution in [0.3, 0.4) is 0 Å². The van der Waals surface area contributed by atoms with Crippen LogP contribution in [0.2, 0.25) is 0 Å². The van der Waals surface area contributed by atoms with Gasteiger partial charge in [-0.1, -0.05) is 12.1 Å². The van der Waals surface area contributed by atoms with Crippen LogP contribution in [0.25, 0.3) is 0 Å². The molecule has 3 fully saturated rings. The van der Waals surface area contributed by atoms with Gasteiger partial charge in [-0.2, -0.15) is 0 Å². The standard InChI is InChI=1S/C31H34O12/c1-12-18(32)8-21-30(41-12)43-29-13(2)40-19(9-20(29)42-21)15-6-7-17-24(26(15)36)28(38)16-5-4-14(25(35)23(16)27(17)37)10-31(3,39)11-22(33)34/h4-7,12-13,18-21,29-30,32,35-36,39H,8-11H2,1-3H3,(H,33,34)/t12-,13+,18+,19+,20+,21-,29+,30-,31+/m0/s1. The average molecular weight is 599 g/mol. The minimum atomic E-state index is -1.71. The van der Waals surface area contributed by atoms with E-state index in [1.807, 2.05) is 6.92 Å². The Balaban J connectivity index is 1.28. The third-order valence-electron chi connectivity index (χ3n) is 8.83. The van der Waals surface area contributed by atoms with Gasteiger partial charge in [0.25, 0.3) is 0 Å². The molecule has 9 atom stereocenters. The van der Waals surface area contributed by atoms with Gasteiger partial charge in [0.2, 0.25) is 0 Å². The lowest BCUT2D eigenvalue weighted by Gasteiger charge is -2.50. The molecule has 6 rings (SSSR count). The minimum absolute atomic E-state index is 0.104. The zero-order valence-electron chi connectivity index (χ0n) is 23.9. The van der Waals surface area contributed by atoms with Crippen molar-refractivity contribution in [2.24, 2.45) is 0 Å². The predicted molar refractivity (Wildman–Crippen MR) is 146 cm³/mol. The quantitative estimate of drug-likeness (QED) is 0.288. The van der Waals surface area contributed by atoms with Crippen LogP contribution in [0.15, 0.2) is 24.3 Å². The summed E-state index contributed by atoms with van der Waals surface area (Å²) in [6.45, 7) is 4.88. The van der Waals surface area contributed by atoms with Crippen LogP contribution < -0.4 is 0 Å². The molecule has 43 heavy (non-hydrogen) atoms. The maximum Gasteiger partial charge on any atom is 0.306 e. The van der Waals surface area contributed by atoms with E-state index in [1.54, 1.807) is 6.92 Å². The molecular formula is C31H34O12. The number of hydrogen-bond donors (Lipinski definition) is 5. The number of carbonyl (C=O) groups excluding carboxylic acids is 2. The number of phenols is 2. The Labute approximate surface area is 246 Å². The molecule has 1 aliphatic carbocycles. The van der Waals surface area contributed by atoms with Crippen molar-refractivity contribution < 1.29 is 58.9 Å². The van der Waals surface area contributed by atoms with Crippen molar-refractivity contribution in [1.29, 1.82) is 0 Å². The van der Waals surface area contributed by atoms with E-state index in [2.05, 4.69) is 0 Å². The highest BCUT2D eigenvalue weighted by Gasteiger charge is 2.50. The number of hydrogen-bond acceptors (Lipinski definition) is 11. The summed E-state index contributed by atoms with van der Waals surface area (Å²) < 4.78 is 24.4. The van der Waals surface area contributed by atoms with Gasteiger partial charge in [0.1, 0.15) is 23.7 Å². The number of aliphatic carboxylic acids is 1. The van der Waals surface area contributed by atoms with E-state index < -0.39 is 90.1 Å². The lowest BCUT2D eigenvalue weighted by molar-refractivity contribution is -0.365. The number of rotatable bonds is 5. The van der Waals surface area contributed by atoms with Gasteiger partial charge >= 0.3 is 5.97 Å². The largest absolute Gasteiger partial charge is 0.507 e. The molecule has 0 saturated carbocycles. The molecule has 3 saturated heterocycles. The maximum atomic E-state index is 13.6. The van der Waals surface area contributed by atoms with Crippen LogP contribution in [0.1, 0.15) is 89.1 Å². The molecule has 2 aromatic rings. The first-order valence-corrected chi connectivity index (χ1v) is 14.3. The van der Waals surface area contributed by atoms with Gasteiger partial charge in [-0.25, -0.2) is 0 Å². The number of aliphatic hydroxyl groups is 2. The third-order valence-corrected chi connectivity index (χ3v) is 8.83. The molecule has 3 aliphatic heterocycles. The second-order valence-corrected chi connectivity index (χ2v) is 12.2. The molecule has 3 heterocycles. The Hall–Kier alpha value is -3.39. The lowest BCUT2D eigenvalue weighted by atomic mass is 9.79. The summed E-state index contributed by atoms with van der Waals surface area (Å²) in [4.78, 5) is 38.3. The van der Waals surface area contributed by atoms with Gasteiger partial charge < -0.3 is 44.5 Å². The van der Waals surface area contributed by atoms with Gasteiger partial charge in [0.15, 0.2) is 17.9 Å². The Morgan fingerprint density at radius 3 is 2.21 bits per heavy atom. The fraction of sp³-hybridized carbons (Fsp3) is 0.516. The molecule has 4 aliphatic rings. The molecule has 0 radical (unpaired) electrons. The van der Waals surface area contributed by atoms with Crippen molar-refractivity contribution in [3.63, 3.8) is 0 Å². The number of carboxylic acids is 1. The fourth-order valence-electron chi connectivity index (χ4n) is 6.67. The molecule has 2 aromatic carbocycles. The monoisotopic (exact) mass is 598 g/mol. The number of carboxylic acid groups (broad SMARTS) is 1. The van der Waals surface area contributed by atoms with Crippen LogP contribution in [0, 0.1) is 0 Å². The van der Waals surface area contributed by atoms with Crippen molar-refractivity contribution in [3.05, 3.63) is 57.6 Å². The van der Waals surface area contributed by atoms with Crippen molar-refractivity contribution in [3.8, 4) is 11.5 Å². The van der Waals surface area contributed by atoms with E-state index in [0.717, 1.165) is 0 Å². The number of ether oxygens (including phenoxy) is 4. The topological polar surface area (TPSA) is 189 Å². The van der Waals surface area contributed by atoms with E-state index in [1.165, 1.54) is 31.2 Å². The Kier molecular flexibility index (Phi) is 7.35. The van der Waals surface area contributed by atoms with Gasteiger partial charge in [-0.15, -0.1) is 0 Å². The highest BCUT2D eigenvalue weighted by Crippen LogP contribution is 2.46. The highest BCUT2D eigenvalue weighted by atomic mass is 16.7. The summed E-state index contributed by atoms with van der Waals surface area (Å²) in [5.41, 5.74) is -2.02. The summed E-state index contributed by atoms with van der Waals surface area (Å²) in [5, 5.41) is 52.1. The van der Waals surface area contributed by atoms with Gasteiger partial charge in [-0.3, -0.25) is 14.4 Å². The van der Waals surface area contributed by atoms with Crippen molar-refractivity contribution >= 4 is 17.5 Å². The van der Waals surface area contributed by atoms with Gasteiger partial charge in [-0.05, 0) is 38.5 Å². The summed E-state index contributed by atoms with van der Waals surface area (Å²) in [5.74, 6) is -3.53. The lowest BCUT2D eigenvalue weighted by Crippen LogP contribution is -2.61. The molecule has 0 unspecified atom stereocenters. The van der Waals surface area contributed by atoms with Crippen LogP contribution in [0.4, 0.5) is 0 Å². The van der Waals surface area contributed by atoms with E-state index >= 15 is 0 Å². The molecule has 0 aromatic heterocycles. The third kappa shape index (κ3) is 5.11. The molecule has 12 nitrogen and oxygen atoms in total. The minimum Gasteiger partial charge on any atom is -0.507 e. The van der Waals surface area contributed by atoms with Crippen LogP contribution >= 0.6 is 0 Å². The number of carbonyl (C=O) groups is 3. The summed E-state index contributed by atoms with van der Waals surface area (Å²) >= 11 is 0. The Bertz CT molecular complexity index is 1500. The van der Waals surface area contributed by atoms with Crippen molar-refractivity contribution in [2.75, 3.05) is 0 Å². The molecular weight excluding hydrogens is 564 g/mol. The summed E-state index contributed by atoms with van der Waals surface area (Å²) in [6.07, 6.45) is -4.52. The van der Waals surface area contributed by atoms with Crippen molar-refractivity contribution in [1.82, 2.24) is 0 Å². The smallest absolute Gasteiger partial charge is 0.306 e. The normalized spacial score (nSPS) is 33.0. The first kappa shape index (κ1) is 29.7. The number of ketones is 2. The van der Waals surface area contributed by atoms with E-state index in [0.29, 0.717) is 12.0 Å². The summed E-state index contributed by atoms with van der Waals surface area (Å²) in [7, 11) is 0. The van der Waals surface area contributed by atoms with E-state index in [4.69, 9.17) is 24.1 Å².